The van der Waals surface area contributed by atoms with Crippen LogP contribution in [0.1, 0.15) is 44.9 Å². The van der Waals surface area contributed by atoms with E-state index in [1.54, 1.807) is 0 Å². The zero-order valence-corrected chi connectivity index (χ0v) is 14.9. The summed E-state index contributed by atoms with van der Waals surface area (Å²) in [7, 11) is 0. The number of rotatable bonds is 4. The molecule has 1 heterocycles. The van der Waals surface area contributed by atoms with Crippen molar-refractivity contribution in [1.82, 2.24) is 10.3 Å². The van der Waals surface area contributed by atoms with Gasteiger partial charge in [-0.05, 0) is 50.1 Å². The average Bonchev–Trinajstić information content (AvgIpc) is 3.37. The maximum atomic E-state index is 12.7. The molecular weight excluding hydrogens is 383 g/mol. The van der Waals surface area contributed by atoms with Crippen molar-refractivity contribution in [2.24, 2.45) is 0 Å². The van der Waals surface area contributed by atoms with Gasteiger partial charge in [-0.1, -0.05) is 11.6 Å². The summed E-state index contributed by atoms with van der Waals surface area (Å²) in [6.45, 7) is 1.32. The largest absolute Gasteiger partial charge is 0.433 e. The molecule has 1 aromatic carbocycles. The molecule has 0 saturated heterocycles. The third-order valence-electron chi connectivity index (χ3n) is 4.01. The Morgan fingerprint density at radius 2 is 1.78 bits per heavy atom. The van der Waals surface area contributed by atoms with Gasteiger partial charge in [0.2, 0.25) is 0 Å². The fraction of sp³-hybridized carbons (Fsp3) is 0.278. The molecule has 2 aromatic rings. The zero-order valence-electron chi connectivity index (χ0n) is 14.2. The molecule has 27 heavy (non-hydrogen) atoms. The van der Waals surface area contributed by atoms with Crippen molar-refractivity contribution < 1.29 is 22.8 Å². The number of hydrogen-bond donors (Lipinski definition) is 2. The SMILES string of the molecule is Cc1nc(C(F)(F)F)ccc1C(=O)Nc1ccc(C(=O)NC2CC2)c(Cl)c1. The molecule has 1 aliphatic carbocycles. The van der Waals surface area contributed by atoms with Crippen LogP contribution < -0.4 is 10.6 Å². The molecule has 9 heteroatoms. The van der Waals surface area contributed by atoms with E-state index in [9.17, 15) is 22.8 Å². The molecule has 0 aliphatic heterocycles. The number of pyridine rings is 1. The number of aromatic nitrogens is 1. The van der Waals surface area contributed by atoms with Crippen molar-refractivity contribution in [3.63, 3.8) is 0 Å². The predicted molar refractivity (Wildman–Crippen MR) is 93.9 cm³/mol. The van der Waals surface area contributed by atoms with E-state index in [4.69, 9.17) is 11.6 Å². The summed E-state index contributed by atoms with van der Waals surface area (Å²) >= 11 is 6.11. The summed E-state index contributed by atoms with van der Waals surface area (Å²) < 4.78 is 38.0. The number of hydrogen-bond acceptors (Lipinski definition) is 3. The van der Waals surface area contributed by atoms with Crippen molar-refractivity contribution in [2.75, 3.05) is 5.32 Å². The Morgan fingerprint density at radius 3 is 2.33 bits per heavy atom. The van der Waals surface area contributed by atoms with Gasteiger partial charge in [-0.15, -0.1) is 0 Å². The van der Waals surface area contributed by atoms with E-state index in [1.807, 2.05) is 0 Å². The highest BCUT2D eigenvalue weighted by atomic mass is 35.5. The van der Waals surface area contributed by atoms with Crippen LogP contribution in [0, 0.1) is 6.92 Å². The van der Waals surface area contributed by atoms with Crippen LogP contribution in [0.25, 0.3) is 0 Å². The third kappa shape index (κ3) is 4.57. The quantitative estimate of drug-likeness (QED) is 0.812. The highest BCUT2D eigenvalue weighted by Gasteiger charge is 2.33. The Hall–Kier alpha value is -2.61. The van der Waals surface area contributed by atoms with Crippen molar-refractivity contribution in [2.45, 2.75) is 32.0 Å². The molecule has 142 valence electrons. The minimum Gasteiger partial charge on any atom is -0.349 e. The molecule has 1 aliphatic rings. The Morgan fingerprint density at radius 1 is 1.11 bits per heavy atom. The smallest absolute Gasteiger partial charge is 0.349 e. The summed E-state index contributed by atoms with van der Waals surface area (Å²) in [6, 6.07) is 6.39. The number of nitrogens with zero attached hydrogens (tertiary/aromatic N) is 1. The number of alkyl halides is 3. The number of benzene rings is 1. The predicted octanol–water partition coefficient (Wildman–Crippen LogP) is 4.21. The molecule has 3 rings (SSSR count). The van der Waals surface area contributed by atoms with Gasteiger partial charge in [0, 0.05) is 11.7 Å². The van der Waals surface area contributed by atoms with Gasteiger partial charge >= 0.3 is 6.18 Å². The summed E-state index contributed by atoms with van der Waals surface area (Å²) in [4.78, 5) is 27.8. The molecule has 2 N–H and O–H groups in total. The van der Waals surface area contributed by atoms with Crippen LogP contribution in [0.15, 0.2) is 30.3 Å². The minimum atomic E-state index is -4.58. The molecule has 0 spiro atoms. The number of carbonyl (C=O) groups excluding carboxylic acids is 2. The molecule has 0 radical (unpaired) electrons. The first-order valence-electron chi connectivity index (χ1n) is 8.12. The first kappa shape index (κ1) is 19.2. The van der Waals surface area contributed by atoms with Crippen molar-refractivity contribution in [3.05, 3.63) is 57.9 Å². The summed E-state index contributed by atoms with van der Waals surface area (Å²) in [6.07, 6.45) is -2.69. The molecule has 2 amide bonds. The van der Waals surface area contributed by atoms with E-state index >= 15 is 0 Å². The number of nitrogens with one attached hydrogen (secondary N) is 2. The maximum Gasteiger partial charge on any atom is 0.433 e. The lowest BCUT2D eigenvalue weighted by atomic mass is 10.1. The van der Waals surface area contributed by atoms with Crippen molar-refractivity contribution in [3.8, 4) is 0 Å². The van der Waals surface area contributed by atoms with Gasteiger partial charge in [-0.2, -0.15) is 13.2 Å². The molecule has 1 fully saturated rings. The van der Waals surface area contributed by atoms with Gasteiger partial charge < -0.3 is 10.6 Å². The van der Waals surface area contributed by atoms with E-state index in [-0.39, 0.29) is 33.8 Å². The van der Waals surface area contributed by atoms with Crippen LogP contribution in [-0.2, 0) is 6.18 Å². The van der Waals surface area contributed by atoms with Crippen LogP contribution in [0.2, 0.25) is 5.02 Å². The molecular formula is C18H15ClF3N3O2. The molecule has 0 atom stereocenters. The number of aryl methyl sites for hydroxylation is 1. The topological polar surface area (TPSA) is 71.1 Å². The van der Waals surface area contributed by atoms with E-state index in [2.05, 4.69) is 15.6 Å². The highest BCUT2D eigenvalue weighted by molar-refractivity contribution is 6.34. The Bertz CT molecular complexity index is 911. The molecule has 0 unspecified atom stereocenters. The fourth-order valence-corrected chi connectivity index (χ4v) is 2.69. The number of carbonyl (C=O) groups is 2. The van der Waals surface area contributed by atoms with Crippen molar-refractivity contribution in [1.29, 1.82) is 0 Å². The van der Waals surface area contributed by atoms with Crippen molar-refractivity contribution >= 4 is 29.1 Å². The fourth-order valence-electron chi connectivity index (χ4n) is 2.43. The van der Waals surface area contributed by atoms with Gasteiger partial charge in [0.05, 0.1) is 21.8 Å². The van der Waals surface area contributed by atoms with E-state index in [0.29, 0.717) is 5.69 Å². The van der Waals surface area contributed by atoms with Gasteiger partial charge in [0.25, 0.3) is 11.8 Å². The zero-order chi connectivity index (χ0) is 19.8. The maximum absolute atomic E-state index is 12.7. The number of halogens is 4. The second kappa shape index (κ2) is 7.19. The second-order valence-corrected chi connectivity index (χ2v) is 6.63. The summed E-state index contributed by atoms with van der Waals surface area (Å²) in [5.74, 6) is -0.914. The monoisotopic (exact) mass is 397 g/mol. The van der Waals surface area contributed by atoms with Gasteiger partial charge in [-0.25, -0.2) is 4.98 Å². The van der Waals surface area contributed by atoms with E-state index in [0.717, 1.165) is 25.0 Å². The minimum absolute atomic E-state index is 0.00896. The molecule has 5 nitrogen and oxygen atoms in total. The lowest BCUT2D eigenvalue weighted by Crippen LogP contribution is -2.25. The van der Waals surface area contributed by atoms with Gasteiger partial charge in [-0.3, -0.25) is 9.59 Å². The van der Waals surface area contributed by atoms with Crippen LogP contribution in [-0.4, -0.2) is 22.8 Å². The van der Waals surface area contributed by atoms with Crippen LogP contribution >= 0.6 is 11.6 Å². The standard InChI is InChI=1S/C18H15ClF3N3O2/c1-9-12(6-7-15(23-9)18(20,21)22)16(26)25-11-4-5-13(14(19)8-11)17(27)24-10-2-3-10/h4-8,10H,2-3H2,1H3,(H,24,27)(H,25,26). The number of anilines is 1. The summed E-state index contributed by atoms with van der Waals surface area (Å²) in [5, 5.41) is 5.51. The number of amides is 2. The lowest BCUT2D eigenvalue weighted by molar-refractivity contribution is -0.141. The normalized spacial score (nSPS) is 14.0. The Kier molecular flexibility index (Phi) is 5.10. The molecule has 0 bridgehead atoms. The first-order valence-corrected chi connectivity index (χ1v) is 8.49. The van der Waals surface area contributed by atoms with Crippen LogP contribution in [0.4, 0.5) is 18.9 Å². The molecule has 1 aromatic heterocycles. The van der Waals surface area contributed by atoms with Gasteiger partial charge in [0.1, 0.15) is 5.69 Å². The lowest BCUT2D eigenvalue weighted by Gasteiger charge is -2.11. The first-order chi connectivity index (χ1) is 12.6. The van der Waals surface area contributed by atoms with E-state index < -0.39 is 17.8 Å². The van der Waals surface area contributed by atoms with Crippen LogP contribution in [0.5, 0.6) is 0 Å². The highest BCUT2D eigenvalue weighted by Crippen LogP contribution is 2.28. The van der Waals surface area contributed by atoms with Crippen LogP contribution in [0.3, 0.4) is 0 Å². The third-order valence-corrected chi connectivity index (χ3v) is 4.32. The summed E-state index contributed by atoms with van der Waals surface area (Å²) in [5.41, 5.74) is -0.504. The Labute approximate surface area is 157 Å². The second-order valence-electron chi connectivity index (χ2n) is 6.22. The Balaban J connectivity index is 1.74. The molecule has 1 saturated carbocycles. The van der Waals surface area contributed by atoms with E-state index in [1.165, 1.54) is 25.1 Å². The average molecular weight is 398 g/mol. The van der Waals surface area contributed by atoms with Gasteiger partial charge in [0.15, 0.2) is 0 Å².